The molecular formula is C15H24. The van der Waals surface area contributed by atoms with Crippen LogP contribution >= 0.6 is 0 Å². The van der Waals surface area contributed by atoms with Crippen LogP contribution in [0.5, 0.6) is 0 Å². The van der Waals surface area contributed by atoms with Crippen LogP contribution in [0.2, 0.25) is 0 Å². The third-order valence-corrected chi connectivity index (χ3v) is 1.95. The number of hydrogen-bond acceptors (Lipinski definition) is 0. The van der Waals surface area contributed by atoms with Crippen LogP contribution in [0.15, 0.2) is 48.6 Å². The lowest BCUT2D eigenvalue weighted by Gasteiger charge is -1.84. The minimum absolute atomic E-state index is 1.04. The molecule has 0 aliphatic carbocycles. The Morgan fingerprint density at radius 1 is 0.667 bits per heavy atom. The molecule has 0 aliphatic heterocycles. The lowest BCUT2D eigenvalue weighted by molar-refractivity contribution is 0.954. The number of allylic oxidation sites excluding steroid dienone is 8. The van der Waals surface area contributed by atoms with Crippen LogP contribution in [0, 0.1) is 0 Å². The van der Waals surface area contributed by atoms with Crippen molar-refractivity contribution >= 4 is 0 Å². The van der Waals surface area contributed by atoms with Gasteiger partial charge in [0, 0.05) is 0 Å². The molecule has 0 fully saturated rings. The van der Waals surface area contributed by atoms with Gasteiger partial charge in [-0.15, -0.1) is 0 Å². The highest BCUT2D eigenvalue weighted by molar-refractivity contribution is 5.05. The van der Waals surface area contributed by atoms with Crippen molar-refractivity contribution in [2.24, 2.45) is 0 Å². The van der Waals surface area contributed by atoms with E-state index >= 15 is 0 Å². The topological polar surface area (TPSA) is 0 Å². The molecule has 0 saturated carbocycles. The Kier molecular flexibility index (Phi) is 12.1. The van der Waals surface area contributed by atoms with Crippen molar-refractivity contribution in [3.63, 3.8) is 0 Å². The molecule has 0 N–H and O–H groups in total. The summed E-state index contributed by atoms with van der Waals surface area (Å²) in [7, 11) is 0. The Balaban J connectivity index is 3.38. The molecule has 0 aromatic carbocycles. The van der Waals surface area contributed by atoms with E-state index in [9.17, 15) is 0 Å². The molecule has 0 aromatic rings. The zero-order valence-electron chi connectivity index (χ0n) is 10.2. The molecule has 0 saturated heterocycles. The fourth-order valence-electron chi connectivity index (χ4n) is 1.10. The molecule has 0 rings (SSSR count). The summed E-state index contributed by atoms with van der Waals surface area (Å²) in [6.07, 6.45) is 23.2. The van der Waals surface area contributed by atoms with E-state index in [1.807, 2.05) is 0 Å². The van der Waals surface area contributed by atoms with Crippen LogP contribution in [0.1, 0.15) is 46.0 Å². The summed E-state index contributed by atoms with van der Waals surface area (Å²) in [5.74, 6) is 0. The summed E-state index contributed by atoms with van der Waals surface area (Å²) < 4.78 is 0. The summed E-state index contributed by atoms with van der Waals surface area (Å²) in [4.78, 5) is 0. The van der Waals surface area contributed by atoms with Gasteiger partial charge in [0.1, 0.15) is 0 Å². The maximum absolute atomic E-state index is 2.25. The summed E-state index contributed by atoms with van der Waals surface area (Å²) in [6, 6.07) is 0. The summed E-state index contributed by atoms with van der Waals surface area (Å²) in [5, 5.41) is 0. The first-order chi connectivity index (χ1) is 7.41. The Morgan fingerprint density at radius 3 is 1.93 bits per heavy atom. The second-order valence-corrected chi connectivity index (χ2v) is 3.47. The van der Waals surface area contributed by atoms with Crippen molar-refractivity contribution in [1.29, 1.82) is 0 Å². The van der Waals surface area contributed by atoms with Gasteiger partial charge in [0.05, 0.1) is 0 Å². The Morgan fingerprint density at radius 2 is 1.27 bits per heavy atom. The van der Waals surface area contributed by atoms with Gasteiger partial charge in [-0.2, -0.15) is 0 Å². The van der Waals surface area contributed by atoms with Gasteiger partial charge in [-0.3, -0.25) is 0 Å². The molecule has 0 aromatic heterocycles. The zero-order valence-corrected chi connectivity index (χ0v) is 10.2. The van der Waals surface area contributed by atoms with Crippen molar-refractivity contribution in [3.05, 3.63) is 48.6 Å². The van der Waals surface area contributed by atoms with Crippen molar-refractivity contribution in [2.75, 3.05) is 0 Å². The van der Waals surface area contributed by atoms with Crippen molar-refractivity contribution in [2.45, 2.75) is 46.0 Å². The lowest BCUT2D eigenvalue weighted by Crippen LogP contribution is -1.63. The Labute approximate surface area is 95.1 Å². The van der Waals surface area contributed by atoms with Gasteiger partial charge in [0.15, 0.2) is 0 Å². The zero-order chi connectivity index (χ0) is 11.2. The average molecular weight is 204 g/mol. The van der Waals surface area contributed by atoms with Gasteiger partial charge in [0.2, 0.25) is 0 Å². The molecule has 0 bridgehead atoms. The molecule has 0 radical (unpaired) electrons. The molecule has 0 amide bonds. The quantitative estimate of drug-likeness (QED) is 0.376. The molecule has 0 heteroatoms. The van der Waals surface area contributed by atoms with Gasteiger partial charge in [-0.25, -0.2) is 0 Å². The SMILES string of the molecule is CCC=CC=CCC=CCC=CCCC. The van der Waals surface area contributed by atoms with Crippen molar-refractivity contribution in [3.8, 4) is 0 Å². The van der Waals surface area contributed by atoms with Gasteiger partial charge in [0.25, 0.3) is 0 Å². The second-order valence-electron chi connectivity index (χ2n) is 3.47. The van der Waals surface area contributed by atoms with Crippen LogP contribution in [0.3, 0.4) is 0 Å². The smallest absolute Gasteiger partial charge is 0.0166 e. The molecular weight excluding hydrogens is 180 g/mol. The third kappa shape index (κ3) is 13.0. The summed E-state index contributed by atoms with van der Waals surface area (Å²) in [5.41, 5.74) is 0. The van der Waals surface area contributed by atoms with Crippen LogP contribution in [0.25, 0.3) is 0 Å². The van der Waals surface area contributed by atoms with Gasteiger partial charge < -0.3 is 0 Å². The molecule has 0 heterocycles. The van der Waals surface area contributed by atoms with E-state index in [0.29, 0.717) is 0 Å². The minimum Gasteiger partial charge on any atom is -0.0882 e. The predicted molar refractivity (Wildman–Crippen MR) is 71.0 cm³/mol. The molecule has 84 valence electrons. The first-order valence-corrected chi connectivity index (χ1v) is 6.03. The van der Waals surface area contributed by atoms with Crippen LogP contribution < -0.4 is 0 Å². The Hall–Kier alpha value is -1.04. The lowest BCUT2D eigenvalue weighted by atomic mass is 10.2. The normalized spacial score (nSPS) is 12.9. The average Bonchev–Trinajstić information content (AvgIpc) is 2.26. The Bertz CT molecular complexity index is 216. The van der Waals surface area contributed by atoms with E-state index in [-0.39, 0.29) is 0 Å². The second kappa shape index (κ2) is 13.0. The molecule has 0 spiro atoms. The van der Waals surface area contributed by atoms with E-state index in [1.165, 1.54) is 12.8 Å². The highest BCUT2D eigenvalue weighted by Gasteiger charge is 1.73. The summed E-state index contributed by atoms with van der Waals surface area (Å²) in [6.45, 7) is 4.35. The van der Waals surface area contributed by atoms with E-state index in [1.54, 1.807) is 0 Å². The first kappa shape index (κ1) is 14.0. The number of hydrogen-bond donors (Lipinski definition) is 0. The molecule has 0 unspecified atom stereocenters. The largest absolute Gasteiger partial charge is 0.0882 e. The monoisotopic (exact) mass is 204 g/mol. The molecule has 0 nitrogen and oxygen atoms in total. The maximum Gasteiger partial charge on any atom is -0.0166 e. The highest BCUT2D eigenvalue weighted by Crippen LogP contribution is 1.94. The number of unbranched alkanes of at least 4 members (excludes halogenated alkanes) is 1. The predicted octanol–water partition coefficient (Wildman–Crippen LogP) is 5.20. The maximum atomic E-state index is 2.25. The van der Waals surface area contributed by atoms with Crippen LogP contribution in [-0.2, 0) is 0 Å². The number of rotatable bonds is 8. The molecule has 0 atom stereocenters. The third-order valence-electron chi connectivity index (χ3n) is 1.95. The van der Waals surface area contributed by atoms with Crippen LogP contribution in [-0.4, -0.2) is 0 Å². The fraction of sp³-hybridized carbons (Fsp3) is 0.467. The van der Waals surface area contributed by atoms with Crippen molar-refractivity contribution < 1.29 is 0 Å². The van der Waals surface area contributed by atoms with E-state index in [0.717, 1.165) is 19.3 Å². The van der Waals surface area contributed by atoms with E-state index in [2.05, 4.69) is 62.5 Å². The minimum atomic E-state index is 1.04. The van der Waals surface area contributed by atoms with E-state index < -0.39 is 0 Å². The molecule has 15 heavy (non-hydrogen) atoms. The van der Waals surface area contributed by atoms with Gasteiger partial charge in [-0.1, -0.05) is 68.9 Å². The van der Waals surface area contributed by atoms with Gasteiger partial charge in [-0.05, 0) is 25.7 Å². The van der Waals surface area contributed by atoms with Gasteiger partial charge >= 0.3 is 0 Å². The molecule has 0 aliphatic rings. The standard InChI is InChI=1S/C15H24/c1-3-5-7-9-11-13-15-14-12-10-8-6-4-2/h5,7-11,14-15H,3-4,6,12-13H2,1-2H3. The summed E-state index contributed by atoms with van der Waals surface area (Å²) >= 11 is 0. The van der Waals surface area contributed by atoms with Crippen molar-refractivity contribution in [1.82, 2.24) is 0 Å². The first-order valence-electron chi connectivity index (χ1n) is 6.03. The highest BCUT2D eigenvalue weighted by atomic mass is 13.8. The van der Waals surface area contributed by atoms with Crippen LogP contribution in [0.4, 0.5) is 0 Å². The fourth-order valence-corrected chi connectivity index (χ4v) is 1.10. The van der Waals surface area contributed by atoms with E-state index in [4.69, 9.17) is 0 Å².